The van der Waals surface area contributed by atoms with Crippen LogP contribution >= 0.6 is 0 Å². The van der Waals surface area contributed by atoms with Crippen molar-refractivity contribution in [1.82, 2.24) is 14.1 Å². The Morgan fingerprint density at radius 2 is 1.73 bits per heavy atom. The number of nitrogens with zero attached hydrogens (tertiary/aromatic N) is 3. The zero-order valence-corrected chi connectivity index (χ0v) is 24.7. The Hall–Kier alpha value is -3.18. The fraction of sp³-hybridized carbons (Fsp3) is 0.433. The van der Waals surface area contributed by atoms with Gasteiger partial charge in [-0.05, 0) is 73.7 Å². The SMILES string of the molecule is COc1cc(C)c(S(=O)(=O)N(C)Cc2cc(C(=O)N(C)Cc3ccc(CN4CCCC(O)C4)cc3)co2)c(C)c1. The van der Waals surface area contributed by atoms with Gasteiger partial charge in [-0.1, -0.05) is 24.3 Å². The summed E-state index contributed by atoms with van der Waals surface area (Å²) in [6, 6.07) is 13.1. The van der Waals surface area contributed by atoms with Gasteiger partial charge >= 0.3 is 0 Å². The van der Waals surface area contributed by atoms with E-state index in [4.69, 9.17) is 9.15 Å². The first-order valence-corrected chi connectivity index (χ1v) is 14.8. The second-order valence-corrected chi connectivity index (χ2v) is 12.6. The molecule has 1 unspecified atom stereocenters. The van der Waals surface area contributed by atoms with E-state index in [1.54, 1.807) is 51.1 Å². The van der Waals surface area contributed by atoms with Gasteiger partial charge in [0.2, 0.25) is 10.0 Å². The van der Waals surface area contributed by atoms with Crippen LogP contribution < -0.4 is 4.74 Å². The molecule has 1 aliphatic heterocycles. The molecule has 0 radical (unpaired) electrons. The number of hydrogen-bond donors (Lipinski definition) is 1. The average molecular weight is 570 g/mol. The number of carbonyl (C=O) groups is 1. The van der Waals surface area contributed by atoms with Gasteiger partial charge in [-0.3, -0.25) is 9.69 Å². The molecule has 1 saturated heterocycles. The molecule has 40 heavy (non-hydrogen) atoms. The maximum Gasteiger partial charge on any atom is 0.257 e. The molecule has 1 fully saturated rings. The van der Waals surface area contributed by atoms with Crippen molar-refractivity contribution in [3.63, 3.8) is 0 Å². The first kappa shape index (κ1) is 29.8. The van der Waals surface area contributed by atoms with Gasteiger partial charge in [0.15, 0.2) is 0 Å². The van der Waals surface area contributed by atoms with Crippen molar-refractivity contribution in [1.29, 1.82) is 0 Å². The quantitative estimate of drug-likeness (QED) is 0.394. The van der Waals surface area contributed by atoms with Crippen LogP contribution in [0.15, 0.2) is 58.0 Å². The minimum atomic E-state index is -3.80. The number of carbonyl (C=O) groups excluding carboxylic acids is 1. The number of aliphatic hydroxyl groups is 1. The average Bonchev–Trinajstić information content (AvgIpc) is 3.37. The molecule has 1 amide bonds. The van der Waals surface area contributed by atoms with Crippen LogP contribution in [0.4, 0.5) is 0 Å². The Balaban J connectivity index is 1.36. The molecule has 9 nitrogen and oxygen atoms in total. The summed E-state index contributed by atoms with van der Waals surface area (Å²) in [7, 11) is 0.961. The number of sulfonamides is 1. The molecule has 0 saturated carbocycles. The van der Waals surface area contributed by atoms with E-state index in [9.17, 15) is 18.3 Å². The number of ether oxygens (including phenoxy) is 1. The molecule has 216 valence electrons. The molecule has 1 aromatic heterocycles. The summed E-state index contributed by atoms with van der Waals surface area (Å²) < 4.78 is 38.7. The first-order valence-electron chi connectivity index (χ1n) is 13.4. The van der Waals surface area contributed by atoms with E-state index < -0.39 is 10.0 Å². The van der Waals surface area contributed by atoms with Gasteiger partial charge < -0.3 is 19.2 Å². The number of piperidine rings is 1. The molecule has 4 rings (SSSR count). The number of rotatable bonds is 10. The fourth-order valence-corrected chi connectivity index (χ4v) is 6.76. The van der Waals surface area contributed by atoms with E-state index in [2.05, 4.69) is 17.0 Å². The molecule has 1 N–H and O–H groups in total. The lowest BCUT2D eigenvalue weighted by Gasteiger charge is -2.30. The van der Waals surface area contributed by atoms with Crippen molar-refractivity contribution in [3.05, 3.63) is 82.3 Å². The van der Waals surface area contributed by atoms with Crippen LogP contribution in [0.1, 0.15) is 51.2 Å². The smallest absolute Gasteiger partial charge is 0.257 e. The number of aryl methyl sites for hydroxylation is 2. The zero-order valence-electron chi connectivity index (χ0n) is 23.9. The summed E-state index contributed by atoms with van der Waals surface area (Å²) >= 11 is 0. The number of hydrogen-bond acceptors (Lipinski definition) is 7. The highest BCUT2D eigenvalue weighted by Gasteiger charge is 2.27. The molecular weight excluding hydrogens is 530 g/mol. The topological polar surface area (TPSA) is 104 Å². The van der Waals surface area contributed by atoms with Gasteiger partial charge in [0.05, 0.1) is 30.2 Å². The molecule has 2 aromatic carbocycles. The predicted octanol–water partition coefficient (Wildman–Crippen LogP) is 3.95. The van der Waals surface area contributed by atoms with Crippen LogP contribution in [0.25, 0.3) is 0 Å². The number of methoxy groups -OCH3 is 1. The molecular formula is C30H39N3O6S. The number of amides is 1. The largest absolute Gasteiger partial charge is 0.497 e. The van der Waals surface area contributed by atoms with Crippen LogP contribution in [-0.4, -0.2) is 73.9 Å². The van der Waals surface area contributed by atoms with E-state index >= 15 is 0 Å². The number of likely N-dealkylation sites (tertiary alicyclic amines) is 1. The molecule has 0 spiro atoms. The van der Waals surface area contributed by atoms with Crippen LogP contribution in [0, 0.1) is 13.8 Å². The standard InChI is InChI=1S/C30H39N3O6S/c1-21-13-27(38-5)14-22(2)29(21)40(36,37)32(4)19-28-15-25(20-39-28)30(35)31(3)16-23-8-10-24(11-9-23)17-33-12-6-7-26(34)18-33/h8-11,13-15,20,26,34H,6-7,12,16-19H2,1-5H3. The number of aliphatic hydroxyl groups excluding tert-OH is 1. The van der Waals surface area contributed by atoms with E-state index in [1.807, 2.05) is 12.1 Å². The Morgan fingerprint density at radius 3 is 2.35 bits per heavy atom. The molecule has 1 atom stereocenters. The second kappa shape index (κ2) is 12.6. The molecule has 0 bridgehead atoms. The minimum Gasteiger partial charge on any atom is -0.497 e. The Labute approximate surface area is 237 Å². The van der Waals surface area contributed by atoms with Crippen LogP contribution in [-0.2, 0) is 29.7 Å². The maximum atomic E-state index is 13.3. The van der Waals surface area contributed by atoms with E-state index in [1.165, 1.54) is 23.2 Å². The predicted molar refractivity (Wildman–Crippen MR) is 153 cm³/mol. The van der Waals surface area contributed by atoms with Gasteiger partial charge in [0.1, 0.15) is 17.8 Å². The molecule has 2 heterocycles. The van der Waals surface area contributed by atoms with Gasteiger partial charge in [-0.25, -0.2) is 8.42 Å². The summed E-state index contributed by atoms with van der Waals surface area (Å²) in [4.78, 5) is 17.2. The summed E-state index contributed by atoms with van der Waals surface area (Å²) in [5.41, 5.74) is 3.72. The van der Waals surface area contributed by atoms with Crippen molar-refractivity contribution >= 4 is 15.9 Å². The minimum absolute atomic E-state index is 0.0141. The highest BCUT2D eigenvalue weighted by Crippen LogP contribution is 2.28. The highest BCUT2D eigenvalue weighted by atomic mass is 32.2. The van der Waals surface area contributed by atoms with Crippen molar-refractivity contribution in [2.45, 2.75) is 57.3 Å². The first-order chi connectivity index (χ1) is 19.0. The zero-order chi connectivity index (χ0) is 29.0. The molecule has 1 aliphatic rings. The van der Waals surface area contributed by atoms with Gasteiger partial charge in [-0.2, -0.15) is 4.31 Å². The lowest BCUT2D eigenvalue weighted by Crippen LogP contribution is -2.37. The number of furan rings is 1. The lowest BCUT2D eigenvalue weighted by molar-refractivity contribution is 0.0668. The summed E-state index contributed by atoms with van der Waals surface area (Å²) in [5, 5.41) is 9.89. The fourth-order valence-electron chi connectivity index (χ4n) is 5.22. The van der Waals surface area contributed by atoms with Gasteiger partial charge in [0, 0.05) is 33.7 Å². The van der Waals surface area contributed by atoms with Crippen molar-refractivity contribution in [3.8, 4) is 5.75 Å². The summed E-state index contributed by atoms with van der Waals surface area (Å²) in [6.07, 6.45) is 3.00. The maximum absolute atomic E-state index is 13.3. The third-order valence-corrected chi connectivity index (χ3v) is 9.40. The third kappa shape index (κ3) is 6.93. The van der Waals surface area contributed by atoms with Crippen LogP contribution in [0.5, 0.6) is 5.75 Å². The second-order valence-electron chi connectivity index (χ2n) is 10.7. The van der Waals surface area contributed by atoms with Crippen LogP contribution in [0.3, 0.4) is 0 Å². The number of β-amino-alcohol motifs (C(OH)–C–C–N with tert-alkyl or cyclic N) is 1. The third-order valence-electron chi connectivity index (χ3n) is 7.29. The van der Waals surface area contributed by atoms with Crippen molar-refractivity contribution in [2.75, 3.05) is 34.3 Å². The van der Waals surface area contributed by atoms with E-state index in [0.717, 1.165) is 31.5 Å². The molecule has 0 aliphatic carbocycles. The van der Waals surface area contributed by atoms with Crippen LogP contribution in [0.2, 0.25) is 0 Å². The summed E-state index contributed by atoms with van der Waals surface area (Å²) in [6.45, 7) is 6.38. The lowest BCUT2D eigenvalue weighted by atomic mass is 10.1. The number of benzene rings is 2. The Morgan fingerprint density at radius 1 is 1.07 bits per heavy atom. The van der Waals surface area contributed by atoms with Crippen molar-refractivity contribution in [2.24, 2.45) is 0 Å². The van der Waals surface area contributed by atoms with Gasteiger partial charge in [0.25, 0.3) is 5.91 Å². The van der Waals surface area contributed by atoms with E-state index in [-0.39, 0.29) is 23.5 Å². The molecule has 10 heteroatoms. The Bertz CT molecular complexity index is 1410. The highest BCUT2D eigenvalue weighted by molar-refractivity contribution is 7.89. The molecule has 3 aromatic rings. The monoisotopic (exact) mass is 569 g/mol. The Kier molecular flexibility index (Phi) is 9.35. The van der Waals surface area contributed by atoms with E-state index in [0.29, 0.717) is 41.3 Å². The van der Waals surface area contributed by atoms with Crippen molar-refractivity contribution < 1.29 is 27.5 Å². The normalized spacial score (nSPS) is 16.3. The summed E-state index contributed by atoms with van der Waals surface area (Å²) in [5.74, 6) is 0.761. The van der Waals surface area contributed by atoms with Gasteiger partial charge in [-0.15, -0.1) is 0 Å².